The predicted molar refractivity (Wildman–Crippen MR) is 136 cm³/mol. The summed E-state index contributed by atoms with van der Waals surface area (Å²) in [6.45, 7) is 1.92. The van der Waals surface area contributed by atoms with Gasteiger partial charge in [-0.3, -0.25) is 29.5 Å². The maximum Gasteiger partial charge on any atom is 0.259 e. The highest BCUT2D eigenvalue weighted by molar-refractivity contribution is 6.12. The summed E-state index contributed by atoms with van der Waals surface area (Å²) in [5, 5.41) is 4.19. The first-order valence-electron chi connectivity index (χ1n) is 11.9. The van der Waals surface area contributed by atoms with Crippen LogP contribution in [-0.4, -0.2) is 29.7 Å². The average Bonchev–Trinajstić information content (AvgIpc) is 2.90. The van der Waals surface area contributed by atoms with E-state index in [1.807, 2.05) is 55.5 Å². The van der Waals surface area contributed by atoms with Crippen LogP contribution < -0.4 is 20.7 Å². The molecule has 2 heterocycles. The van der Waals surface area contributed by atoms with Gasteiger partial charge in [-0.1, -0.05) is 36.4 Å². The second kappa shape index (κ2) is 9.65. The molecule has 0 bridgehead atoms. The van der Waals surface area contributed by atoms with E-state index in [4.69, 9.17) is 0 Å². The van der Waals surface area contributed by atoms with Crippen molar-refractivity contribution in [3.8, 4) is 0 Å². The van der Waals surface area contributed by atoms with Crippen LogP contribution in [0.5, 0.6) is 0 Å². The summed E-state index contributed by atoms with van der Waals surface area (Å²) in [5.74, 6) is -1.01. The van der Waals surface area contributed by atoms with Gasteiger partial charge in [0.25, 0.3) is 5.91 Å². The molecule has 36 heavy (non-hydrogen) atoms. The van der Waals surface area contributed by atoms with Gasteiger partial charge in [0.05, 0.1) is 5.69 Å². The molecule has 1 saturated heterocycles. The number of fused-ring (bicyclic) bond motifs is 1. The van der Waals surface area contributed by atoms with E-state index in [1.165, 1.54) is 5.01 Å². The molecule has 0 aliphatic carbocycles. The molecule has 182 valence electrons. The van der Waals surface area contributed by atoms with E-state index in [0.29, 0.717) is 35.5 Å². The number of carbonyl (C=O) groups excluding carboxylic acids is 4. The van der Waals surface area contributed by atoms with Crippen LogP contribution in [0.2, 0.25) is 0 Å². The number of nitrogens with one attached hydrogen (secondary N) is 2. The van der Waals surface area contributed by atoms with Gasteiger partial charge < -0.3 is 5.32 Å². The third-order valence-corrected chi connectivity index (χ3v) is 6.60. The Hall–Kier alpha value is -4.46. The van der Waals surface area contributed by atoms with Gasteiger partial charge in [-0.2, -0.15) is 0 Å². The summed E-state index contributed by atoms with van der Waals surface area (Å²) >= 11 is 0. The Morgan fingerprint density at radius 3 is 2.39 bits per heavy atom. The summed E-state index contributed by atoms with van der Waals surface area (Å²) in [5.41, 5.74) is 6.77. The number of hydrazine groups is 1. The number of hydrogen-bond acceptors (Lipinski definition) is 4. The molecule has 8 heteroatoms. The predicted octanol–water partition coefficient (Wildman–Crippen LogP) is 3.75. The highest BCUT2D eigenvalue weighted by atomic mass is 16.2. The van der Waals surface area contributed by atoms with Crippen LogP contribution in [0.15, 0.2) is 72.8 Å². The molecule has 1 atom stereocenters. The van der Waals surface area contributed by atoms with Gasteiger partial charge in [-0.15, -0.1) is 0 Å². The Morgan fingerprint density at radius 2 is 1.61 bits per heavy atom. The normalized spacial score (nSPS) is 17.3. The molecule has 8 nitrogen and oxygen atoms in total. The molecular weight excluding hydrogens is 456 g/mol. The second-order valence-electron chi connectivity index (χ2n) is 8.97. The van der Waals surface area contributed by atoms with Crippen molar-refractivity contribution in [1.29, 1.82) is 0 Å². The Kier molecular flexibility index (Phi) is 6.25. The fraction of sp³-hybridized carbons (Fsp3) is 0.214. The van der Waals surface area contributed by atoms with Gasteiger partial charge in [-0.05, 0) is 67.3 Å². The molecule has 0 aromatic heterocycles. The number of hydrogen-bond donors (Lipinski definition) is 2. The van der Waals surface area contributed by atoms with Crippen LogP contribution in [0.4, 0.5) is 17.1 Å². The van der Waals surface area contributed by atoms with E-state index in [0.717, 1.165) is 11.1 Å². The van der Waals surface area contributed by atoms with E-state index >= 15 is 0 Å². The maximum atomic E-state index is 13.8. The largest absolute Gasteiger partial charge is 0.324 e. The van der Waals surface area contributed by atoms with Crippen molar-refractivity contribution < 1.29 is 19.2 Å². The van der Waals surface area contributed by atoms with Gasteiger partial charge >= 0.3 is 0 Å². The smallest absolute Gasteiger partial charge is 0.259 e. The SMILES string of the molecule is Cc1ccccc1NC(=O)C1CCc2ccccc2N1C(=O)c1ccc(N2NC(=O)CCC2=O)cc1. The Bertz CT molecular complexity index is 1350. The summed E-state index contributed by atoms with van der Waals surface area (Å²) < 4.78 is 0. The lowest BCUT2D eigenvalue weighted by molar-refractivity contribution is -0.130. The Morgan fingerprint density at radius 1 is 0.889 bits per heavy atom. The fourth-order valence-corrected chi connectivity index (χ4v) is 4.65. The summed E-state index contributed by atoms with van der Waals surface area (Å²) in [4.78, 5) is 52.7. The van der Waals surface area contributed by atoms with E-state index in [1.54, 1.807) is 29.2 Å². The topological polar surface area (TPSA) is 98.8 Å². The minimum Gasteiger partial charge on any atom is -0.324 e. The van der Waals surface area contributed by atoms with E-state index < -0.39 is 6.04 Å². The van der Waals surface area contributed by atoms with Gasteiger partial charge in [0.2, 0.25) is 17.7 Å². The van der Waals surface area contributed by atoms with Crippen molar-refractivity contribution in [3.05, 3.63) is 89.5 Å². The standard InChI is InChI=1S/C28H26N4O4/c1-18-6-2-4-8-22(18)29-27(35)24-15-12-19-7-3-5-9-23(19)31(24)28(36)20-10-13-21(14-11-20)32-26(34)17-16-25(33)30-32/h2-11,13-14,24H,12,15-17H2,1H3,(H,29,35)(H,30,33). The van der Waals surface area contributed by atoms with Crippen LogP contribution in [0, 0.1) is 6.92 Å². The lowest BCUT2D eigenvalue weighted by Gasteiger charge is -2.36. The molecular formula is C28H26N4O4. The first kappa shape index (κ1) is 23.3. The van der Waals surface area contributed by atoms with Crippen LogP contribution in [0.3, 0.4) is 0 Å². The van der Waals surface area contributed by atoms with Crippen LogP contribution in [0.1, 0.15) is 40.7 Å². The van der Waals surface area contributed by atoms with E-state index in [9.17, 15) is 19.2 Å². The van der Waals surface area contributed by atoms with Crippen molar-refractivity contribution in [2.24, 2.45) is 0 Å². The molecule has 1 unspecified atom stereocenters. The monoisotopic (exact) mass is 482 g/mol. The molecule has 3 aromatic rings. The zero-order valence-corrected chi connectivity index (χ0v) is 19.9. The molecule has 5 rings (SSSR count). The second-order valence-corrected chi connectivity index (χ2v) is 8.97. The van der Waals surface area contributed by atoms with Crippen LogP contribution in [-0.2, 0) is 20.8 Å². The number of amides is 4. The lowest BCUT2D eigenvalue weighted by Crippen LogP contribution is -2.51. The molecule has 1 fully saturated rings. The van der Waals surface area contributed by atoms with E-state index in [-0.39, 0.29) is 36.5 Å². The molecule has 2 aliphatic rings. The zero-order valence-electron chi connectivity index (χ0n) is 19.9. The lowest BCUT2D eigenvalue weighted by atomic mass is 9.94. The van der Waals surface area contributed by atoms with Gasteiger partial charge in [-0.25, -0.2) is 5.01 Å². The van der Waals surface area contributed by atoms with Gasteiger partial charge in [0, 0.05) is 29.8 Å². The van der Waals surface area contributed by atoms with Crippen molar-refractivity contribution >= 4 is 40.7 Å². The minimum atomic E-state index is -0.686. The number of rotatable bonds is 4. The molecule has 0 radical (unpaired) electrons. The quantitative estimate of drug-likeness (QED) is 0.592. The Labute approximate surface area is 208 Å². The molecule has 2 N–H and O–H groups in total. The van der Waals surface area contributed by atoms with Crippen molar-refractivity contribution in [2.75, 3.05) is 15.2 Å². The third kappa shape index (κ3) is 4.45. The summed E-state index contributed by atoms with van der Waals surface area (Å²) in [6, 6.07) is 20.9. The number of para-hydroxylation sites is 2. The van der Waals surface area contributed by atoms with Crippen molar-refractivity contribution in [3.63, 3.8) is 0 Å². The Balaban J connectivity index is 1.44. The van der Waals surface area contributed by atoms with E-state index in [2.05, 4.69) is 10.7 Å². The van der Waals surface area contributed by atoms with Crippen LogP contribution >= 0.6 is 0 Å². The highest BCUT2D eigenvalue weighted by Gasteiger charge is 2.36. The first-order chi connectivity index (χ1) is 17.4. The van der Waals surface area contributed by atoms with Crippen molar-refractivity contribution in [1.82, 2.24) is 5.43 Å². The third-order valence-electron chi connectivity index (χ3n) is 6.60. The van der Waals surface area contributed by atoms with Crippen LogP contribution in [0.25, 0.3) is 0 Å². The summed E-state index contributed by atoms with van der Waals surface area (Å²) in [6.07, 6.45) is 1.47. The molecule has 4 amide bonds. The fourth-order valence-electron chi connectivity index (χ4n) is 4.65. The number of carbonyl (C=O) groups is 4. The van der Waals surface area contributed by atoms with Gasteiger partial charge in [0.15, 0.2) is 0 Å². The number of anilines is 3. The maximum absolute atomic E-state index is 13.8. The number of nitrogens with zero attached hydrogens (tertiary/aromatic N) is 2. The molecule has 3 aromatic carbocycles. The number of benzene rings is 3. The first-order valence-corrected chi connectivity index (χ1v) is 11.9. The zero-order chi connectivity index (χ0) is 25.2. The highest BCUT2D eigenvalue weighted by Crippen LogP contribution is 2.33. The number of aryl methyl sites for hydroxylation is 2. The minimum absolute atomic E-state index is 0.134. The molecule has 0 spiro atoms. The average molecular weight is 483 g/mol. The molecule has 2 aliphatic heterocycles. The molecule has 0 saturated carbocycles. The van der Waals surface area contributed by atoms with Gasteiger partial charge in [0.1, 0.15) is 6.04 Å². The van der Waals surface area contributed by atoms with Crippen molar-refractivity contribution in [2.45, 2.75) is 38.6 Å². The summed E-state index contributed by atoms with van der Waals surface area (Å²) in [7, 11) is 0.